The molecule has 0 saturated carbocycles. The van der Waals surface area contributed by atoms with Gasteiger partial charge in [0.25, 0.3) is 0 Å². The molecule has 1 aromatic heterocycles. The van der Waals surface area contributed by atoms with Crippen LogP contribution < -0.4 is 10.6 Å². The molecule has 0 aliphatic heterocycles. The summed E-state index contributed by atoms with van der Waals surface area (Å²) < 4.78 is 26.2. The van der Waals surface area contributed by atoms with E-state index in [1.807, 2.05) is 18.2 Å². The van der Waals surface area contributed by atoms with Crippen LogP contribution in [-0.4, -0.2) is 4.98 Å². The lowest BCUT2D eigenvalue weighted by Crippen LogP contribution is -2.04. The highest BCUT2D eigenvalue weighted by Gasteiger charge is 2.00. The Morgan fingerprint density at radius 2 is 1.38 bits per heavy atom. The predicted octanol–water partition coefficient (Wildman–Crippen LogP) is 4.58. The Kier molecular flexibility index (Phi) is 5.01. The van der Waals surface area contributed by atoms with Gasteiger partial charge in [0.2, 0.25) is 0 Å². The Balaban J connectivity index is 1.53. The van der Waals surface area contributed by atoms with E-state index in [2.05, 4.69) is 15.6 Å². The highest BCUT2D eigenvalue weighted by atomic mass is 19.1. The van der Waals surface area contributed by atoms with Crippen molar-refractivity contribution in [3.63, 3.8) is 0 Å². The molecule has 3 rings (SSSR count). The molecule has 0 radical (unpaired) electrons. The summed E-state index contributed by atoms with van der Waals surface area (Å²) in [6, 6.07) is 16.5. The second-order valence-electron chi connectivity index (χ2n) is 5.39. The largest absolute Gasteiger partial charge is 0.381 e. The monoisotopic (exact) mass is 325 g/mol. The van der Waals surface area contributed by atoms with Gasteiger partial charge in [-0.3, -0.25) is 4.98 Å². The van der Waals surface area contributed by atoms with E-state index in [0.29, 0.717) is 18.8 Å². The predicted molar refractivity (Wildman–Crippen MR) is 91.7 cm³/mol. The molecule has 0 aliphatic rings. The van der Waals surface area contributed by atoms with Crippen molar-refractivity contribution in [3.8, 4) is 0 Å². The van der Waals surface area contributed by atoms with Crippen molar-refractivity contribution in [3.05, 3.63) is 89.8 Å². The van der Waals surface area contributed by atoms with Crippen molar-refractivity contribution in [1.82, 2.24) is 4.98 Å². The summed E-state index contributed by atoms with van der Waals surface area (Å²) in [5.41, 5.74) is 3.29. The second kappa shape index (κ2) is 7.55. The number of halogens is 2. The summed E-state index contributed by atoms with van der Waals surface area (Å²) in [5.74, 6) is -0.538. The minimum Gasteiger partial charge on any atom is -0.381 e. The molecule has 0 unspecified atom stereocenters. The number of hydrogen-bond acceptors (Lipinski definition) is 3. The molecule has 2 N–H and O–H groups in total. The van der Waals surface area contributed by atoms with Crippen molar-refractivity contribution in [2.24, 2.45) is 0 Å². The number of nitrogens with zero attached hydrogens (tertiary/aromatic N) is 1. The number of aromatic nitrogens is 1. The molecule has 1 heterocycles. The Labute approximate surface area is 139 Å². The zero-order valence-electron chi connectivity index (χ0n) is 13.0. The van der Waals surface area contributed by atoms with Gasteiger partial charge in [-0.25, -0.2) is 8.78 Å². The topological polar surface area (TPSA) is 37.0 Å². The molecular formula is C19H17F2N3. The summed E-state index contributed by atoms with van der Waals surface area (Å²) >= 11 is 0. The molecule has 0 saturated heterocycles. The standard InChI is InChI=1S/C19H17F2N3/c20-15-3-1-5-17(9-15)22-11-14-7-8-19(23-12-14)13-24-18-6-2-4-16(21)10-18/h1-10,12,22,24H,11,13H2. The van der Waals surface area contributed by atoms with Crippen molar-refractivity contribution in [1.29, 1.82) is 0 Å². The highest BCUT2D eigenvalue weighted by Crippen LogP contribution is 2.12. The molecule has 0 aliphatic carbocycles. The van der Waals surface area contributed by atoms with E-state index < -0.39 is 0 Å². The Morgan fingerprint density at radius 1 is 0.750 bits per heavy atom. The number of pyridine rings is 1. The molecule has 0 amide bonds. The van der Waals surface area contributed by atoms with E-state index in [9.17, 15) is 8.78 Å². The molecule has 0 spiro atoms. The van der Waals surface area contributed by atoms with E-state index in [1.54, 1.807) is 24.4 Å². The first-order valence-corrected chi connectivity index (χ1v) is 7.62. The first-order valence-electron chi connectivity index (χ1n) is 7.62. The van der Waals surface area contributed by atoms with E-state index >= 15 is 0 Å². The fraction of sp³-hybridized carbons (Fsp3) is 0.105. The fourth-order valence-corrected chi connectivity index (χ4v) is 2.26. The zero-order chi connectivity index (χ0) is 16.8. The third kappa shape index (κ3) is 4.52. The summed E-state index contributed by atoms with van der Waals surface area (Å²) in [4.78, 5) is 4.38. The van der Waals surface area contributed by atoms with Crippen LogP contribution >= 0.6 is 0 Å². The average molecular weight is 325 g/mol. The first-order chi connectivity index (χ1) is 11.7. The number of anilines is 2. The van der Waals surface area contributed by atoms with Crippen LogP contribution in [0, 0.1) is 11.6 Å². The lowest BCUT2D eigenvalue weighted by atomic mass is 10.2. The van der Waals surface area contributed by atoms with Crippen molar-refractivity contribution in [2.75, 3.05) is 10.6 Å². The number of hydrogen-bond donors (Lipinski definition) is 2. The van der Waals surface area contributed by atoms with Crippen LogP contribution in [0.1, 0.15) is 11.3 Å². The van der Waals surface area contributed by atoms with Crippen LogP contribution in [0.3, 0.4) is 0 Å². The first kappa shape index (κ1) is 15.9. The van der Waals surface area contributed by atoms with Crippen LogP contribution in [0.2, 0.25) is 0 Å². The van der Waals surface area contributed by atoms with Crippen molar-refractivity contribution in [2.45, 2.75) is 13.1 Å². The van der Waals surface area contributed by atoms with Crippen LogP contribution in [0.15, 0.2) is 66.9 Å². The van der Waals surface area contributed by atoms with E-state index in [-0.39, 0.29) is 11.6 Å². The molecule has 0 fully saturated rings. The maximum Gasteiger partial charge on any atom is 0.125 e. The van der Waals surface area contributed by atoms with Gasteiger partial charge in [-0.2, -0.15) is 0 Å². The quantitative estimate of drug-likeness (QED) is 0.696. The third-order valence-corrected chi connectivity index (χ3v) is 3.51. The molecule has 2 aromatic carbocycles. The molecule has 3 nitrogen and oxygen atoms in total. The molecule has 3 aromatic rings. The SMILES string of the molecule is Fc1cccc(NCc2ccc(CNc3cccc(F)c3)nc2)c1. The van der Waals surface area contributed by atoms with Crippen molar-refractivity contribution < 1.29 is 8.78 Å². The van der Waals surface area contributed by atoms with Crippen molar-refractivity contribution >= 4 is 11.4 Å². The van der Waals surface area contributed by atoms with Crippen LogP contribution in [0.5, 0.6) is 0 Å². The van der Waals surface area contributed by atoms with Crippen LogP contribution in [0.4, 0.5) is 20.2 Å². The molecule has 24 heavy (non-hydrogen) atoms. The Morgan fingerprint density at radius 3 is 1.92 bits per heavy atom. The summed E-state index contributed by atoms with van der Waals surface area (Å²) in [6.45, 7) is 1.08. The lowest BCUT2D eigenvalue weighted by molar-refractivity contribution is 0.627. The molecule has 0 bridgehead atoms. The third-order valence-electron chi connectivity index (χ3n) is 3.51. The molecule has 122 valence electrons. The van der Waals surface area contributed by atoms with Gasteiger partial charge in [-0.15, -0.1) is 0 Å². The van der Waals surface area contributed by atoms with Gasteiger partial charge < -0.3 is 10.6 Å². The maximum absolute atomic E-state index is 13.1. The van der Waals surface area contributed by atoms with Crippen LogP contribution in [0.25, 0.3) is 0 Å². The van der Waals surface area contributed by atoms with Gasteiger partial charge in [0, 0.05) is 24.1 Å². The zero-order valence-corrected chi connectivity index (χ0v) is 13.0. The average Bonchev–Trinajstić information content (AvgIpc) is 2.59. The number of rotatable bonds is 6. The minimum atomic E-state index is -0.272. The maximum atomic E-state index is 13.1. The highest BCUT2D eigenvalue weighted by molar-refractivity contribution is 5.44. The Bertz CT molecular complexity index is 735. The number of nitrogens with one attached hydrogen (secondary N) is 2. The van der Waals surface area contributed by atoms with Gasteiger partial charge in [0.15, 0.2) is 0 Å². The summed E-state index contributed by atoms with van der Waals surface area (Å²) in [6.07, 6.45) is 1.77. The van der Waals surface area contributed by atoms with E-state index in [4.69, 9.17) is 0 Å². The van der Waals surface area contributed by atoms with E-state index in [0.717, 1.165) is 16.9 Å². The molecular weight excluding hydrogens is 308 g/mol. The van der Waals surface area contributed by atoms with Gasteiger partial charge in [-0.05, 0) is 48.0 Å². The van der Waals surface area contributed by atoms with Gasteiger partial charge in [0.1, 0.15) is 11.6 Å². The summed E-state index contributed by atoms with van der Waals surface area (Å²) in [5, 5.41) is 6.27. The van der Waals surface area contributed by atoms with E-state index in [1.165, 1.54) is 24.3 Å². The second-order valence-corrected chi connectivity index (χ2v) is 5.39. The smallest absolute Gasteiger partial charge is 0.125 e. The summed E-state index contributed by atoms with van der Waals surface area (Å²) in [7, 11) is 0. The molecule has 5 heteroatoms. The lowest BCUT2D eigenvalue weighted by Gasteiger charge is -2.08. The number of benzene rings is 2. The van der Waals surface area contributed by atoms with Crippen LogP contribution in [-0.2, 0) is 13.1 Å². The Hall–Kier alpha value is -2.95. The van der Waals surface area contributed by atoms with Gasteiger partial charge >= 0.3 is 0 Å². The van der Waals surface area contributed by atoms with Gasteiger partial charge in [-0.1, -0.05) is 18.2 Å². The van der Waals surface area contributed by atoms with Gasteiger partial charge in [0.05, 0.1) is 12.2 Å². The normalized spacial score (nSPS) is 10.4. The molecule has 0 atom stereocenters. The fourth-order valence-electron chi connectivity index (χ4n) is 2.26. The minimum absolute atomic E-state index is 0.267.